The van der Waals surface area contributed by atoms with Crippen molar-refractivity contribution in [3.8, 4) is 6.07 Å². The van der Waals surface area contributed by atoms with Crippen LogP contribution >= 0.6 is 15.9 Å². The van der Waals surface area contributed by atoms with Gasteiger partial charge in [-0.2, -0.15) is 5.26 Å². The Bertz CT molecular complexity index is 386. The first-order chi connectivity index (χ1) is 6.53. The summed E-state index contributed by atoms with van der Waals surface area (Å²) in [6.45, 7) is 1.64. The predicted molar refractivity (Wildman–Crippen MR) is 56.1 cm³/mol. The Morgan fingerprint density at radius 1 is 1.57 bits per heavy atom. The van der Waals surface area contributed by atoms with Crippen LogP contribution in [-0.4, -0.2) is 7.05 Å². The molecule has 1 rings (SSSR count). The number of benzene rings is 1. The van der Waals surface area contributed by atoms with Crippen LogP contribution in [0.5, 0.6) is 0 Å². The molecule has 0 radical (unpaired) electrons. The van der Waals surface area contributed by atoms with Crippen molar-refractivity contribution in [1.82, 2.24) is 5.32 Å². The largest absolute Gasteiger partial charge is 0.299 e. The normalized spacial score (nSPS) is 14.5. The van der Waals surface area contributed by atoms with Gasteiger partial charge in [0.1, 0.15) is 11.4 Å². The first kappa shape index (κ1) is 11.2. The molecule has 0 saturated carbocycles. The lowest BCUT2D eigenvalue weighted by atomic mass is 9.93. The maximum Gasteiger partial charge on any atom is 0.132 e. The fourth-order valence-electron chi connectivity index (χ4n) is 1.13. The van der Waals surface area contributed by atoms with E-state index in [2.05, 4.69) is 21.2 Å². The van der Waals surface area contributed by atoms with Crippen LogP contribution in [0.4, 0.5) is 4.39 Å². The Morgan fingerprint density at radius 3 is 2.71 bits per heavy atom. The molecule has 0 saturated heterocycles. The maximum atomic E-state index is 13.4. The zero-order valence-electron chi connectivity index (χ0n) is 7.94. The minimum Gasteiger partial charge on any atom is -0.299 e. The zero-order chi connectivity index (χ0) is 10.8. The van der Waals surface area contributed by atoms with Gasteiger partial charge in [0, 0.05) is 10.0 Å². The van der Waals surface area contributed by atoms with Crippen molar-refractivity contribution in [2.45, 2.75) is 12.5 Å². The topological polar surface area (TPSA) is 35.8 Å². The Hall–Kier alpha value is -0.920. The Labute approximate surface area is 90.9 Å². The average Bonchev–Trinajstić information content (AvgIpc) is 2.20. The highest BCUT2D eigenvalue weighted by Crippen LogP contribution is 2.25. The van der Waals surface area contributed by atoms with E-state index < -0.39 is 5.54 Å². The fraction of sp³-hybridized carbons (Fsp3) is 0.300. The van der Waals surface area contributed by atoms with Crippen molar-refractivity contribution in [3.05, 3.63) is 34.1 Å². The van der Waals surface area contributed by atoms with Gasteiger partial charge in [-0.25, -0.2) is 4.39 Å². The number of nitriles is 1. The molecule has 2 nitrogen and oxygen atoms in total. The molecule has 1 aromatic rings. The molecule has 0 heterocycles. The van der Waals surface area contributed by atoms with Crippen molar-refractivity contribution < 1.29 is 4.39 Å². The molecule has 0 fully saturated rings. The molecule has 0 bridgehead atoms. The molecule has 0 spiro atoms. The standard InChI is InChI=1S/C10H10BrFN2/c1-10(6-13,14-2)8-5-7(11)3-4-9(8)12/h3-5,14H,1-2H3. The van der Waals surface area contributed by atoms with Crippen LogP contribution in [0.1, 0.15) is 12.5 Å². The summed E-state index contributed by atoms with van der Waals surface area (Å²) < 4.78 is 14.2. The molecule has 1 unspecified atom stereocenters. The van der Waals surface area contributed by atoms with Crippen LogP contribution in [0.25, 0.3) is 0 Å². The predicted octanol–water partition coefficient (Wildman–Crippen LogP) is 2.55. The van der Waals surface area contributed by atoms with E-state index in [-0.39, 0.29) is 5.82 Å². The number of nitrogens with zero attached hydrogens (tertiary/aromatic N) is 1. The molecule has 1 N–H and O–H groups in total. The van der Waals surface area contributed by atoms with E-state index in [0.29, 0.717) is 5.56 Å². The lowest BCUT2D eigenvalue weighted by molar-refractivity contribution is 0.480. The van der Waals surface area contributed by atoms with E-state index in [9.17, 15) is 4.39 Å². The van der Waals surface area contributed by atoms with Crippen molar-refractivity contribution in [3.63, 3.8) is 0 Å². The minimum atomic E-state index is -0.992. The van der Waals surface area contributed by atoms with E-state index in [0.717, 1.165) is 4.47 Å². The number of hydrogen-bond acceptors (Lipinski definition) is 2. The molecule has 14 heavy (non-hydrogen) atoms. The average molecular weight is 257 g/mol. The van der Waals surface area contributed by atoms with Crippen molar-refractivity contribution >= 4 is 15.9 Å². The van der Waals surface area contributed by atoms with E-state index >= 15 is 0 Å². The number of hydrogen-bond donors (Lipinski definition) is 1. The van der Waals surface area contributed by atoms with E-state index in [1.54, 1.807) is 26.1 Å². The second kappa shape index (κ2) is 4.07. The summed E-state index contributed by atoms with van der Waals surface area (Å²) in [7, 11) is 1.63. The van der Waals surface area contributed by atoms with Crippen LogP contribution < -0.4 is 5.32 Å². The van der Waals surface area contributed by atoms with Crippen LogP contribution in [0.15, 0.2) is 22.7 Å². The van der Waals surface area contributed by atoms with Crippen LogP contribution in [0.3, 0.4) is 0 Å². The molecule has 0 aromatic heterocycles. The van der Waals surface area contributed by atoms with Gasteiger partial charge in [0.15, 0.2) is 0 Å². The number of rotatable bonds is 2. The van der Waals surface area contributed by atoms with Gasteiger partial charge in [0.05, 0.1) is 6.07 Å². The van der Waals surface area contributed by atoms with Crippen molar-refractivity contribution in [1.29, 1.82) is 5.26 Å². The Morgan fingerprint density at radius 2 is 2.21 bits per heavy atom. The van der Waals surface area contributed by atoms with Crippen molar-refractivity contribution in [2.24, 2.45) is 0 Å². The molecular weight excluding hydrogens is 247 g/mol. The second-order valence-corrected chi connectivity index (χ2v) is 4.03. The Balaban J connectivity index is 3.31. The number of halogens is 2. The van der Waals surface area contributed by atoms with E-state index in [1.807, 2.05) is 6.07 Å². The summed E-state index contributed by atoms with van der Waals surface area (Å²) in [5.74, 6) is -0.383. The highest BCUT2D eigenvalue weighted by Gasteiger charge is 2.27. The molecule has 74 valence electrons. The maximum absolute atomic E-state index is 13.4. The summed E-state index contributed by atoms with van der Waals surface area (Å²) in [6.07, 6.45) is 0. The smallest absolute Gasteiger partial charge is 0.132 e. The molecule has 4 heteroatoms. The summed E-state index contributed by atoms with van der Waals surface area (Å²) in [5.41, 5.74) is -0.648. The van der Waals surface area contributed by atoms with Gasteiger partial charge in [-0.15, -0.1) is 0 Å². The lowest BCUT2D eigenvalue weighted by Gasteiger charge is -2.21. The highest BCUT2D eigenvalue weighted by atomic mass is 79.9. The quantitative estimate of drug-likeness (QED) is 0.883. The molecule has 0 aliphatic heterocycles. The number of nitrogens with one attached hydrogen (secondary N) is 1. The molecule has 0 aliphatic carbocycles. The fourth-order valence-corrected chi connectivity index (χ4v) is 1.49. The van der Waals surface area contributed by atoms with Gasteiger partial charge in [0.2, 0.25) is 0 Å². The molecular formula is C10H10BrFN2. The van der Waals surface area contributed by atoms with Crippen LogP contribution in [0, 0.1) is 17.1 Å². The van der Waals surface area contributed by atoms with Gasteiger partial charge in [-0.1, -0.05) is 15.9 Å². The first-order valence-electron chi connectivity index (χ1n) is 4.09. The summed E-state index contributed by atoms with van der Waals surface area (Å²) >= 11 is 3.24. The minimum absolute atomic E-state index is 0.344. The van der Waals surface area contributed by atoms with Crippen LogP contribution in [-0.2, 0) is 5.54 Å². The van der Waals surface area contributed by atoms with Crippen LogP contribution in [0.2, 0.25) is 0 Å². The molecule has 1 atom stereocenters. The lowest BCUT2D eigenvalue weighted by Crippen LogP contribution is -2.35. The highest BCUT2D eigenvalue weighted by molar-refractivity contribution is 9.10. The van der Waals surface area contributed by atoms with Gasteiger partial charge < -0.3 is 0 Å². The van der Waals surface area contributed by atoms with E-state index in [1.165, 1.54) is 6.07 Å². The SMILES string of the molecule is CNC(C)(C#N)c1cc(Br)ccc1F. The second-order valence-electron chi connectivity index (χ2n) is 3.11. The monoisotopic (exact) mass is 256 g/mol. The van der Waals surface area contributed by atoms with Gasteiger partial charge in [0.25, 0.3) is 0 Å². The van der Waals surface area contributed by atoms with Gasteiger partial charge in [-0.3, -0.25) is 5.32 Å². The van der Waals surface area contributed by atoms with E-state index in [4.69, 9.17) is 5.26 Å². The third kappa shape index (κ3) is 1.94. The first-order valence-corrected chi connectivity index (χ1v) is 4.88. The van der Waals surface area contributed by atoms with Crippen molar-refractivity contribution in [2.75, 3.05) is 7.05 Å². The molecule has 0 aliphatic rings. The Kier molecular flexibility index (Phi) is 3.25. The summed E-state index contributed by atoms with van der Waals surface area (Å²) in [6, 6.07) is 6.59. The molecule has 0 amide bonds. The van der Waals surface area contributed by atoms with Gasteiger partial charge >= 0.3 is 0 Å². The van der Waals surface area contributed by atoms with Gasteiger partial charge in [-0.05, 0) is 32.2 Å². The third-order valence-electron chi connectivity index (χ3n) is 2.19. The molecule has 1 aromatic carbocycles. The summed E-state index contributed by atoms with van der Waals surface area (Å²) in [4.78, 5) is 0. The zero-order valence-corrected chi connectivity index (χ0v) is 9.52. The third-order valence-corrected chi connectivity index (χ3v) is 2.68. The summed E-state index contributed by atoms with van der Waals surface area (Å²) in [5, 5.41) is 11.8.